The smallest absolute Gasteiger partial charge is 0.334 e. The van der Waals surface area contributed by atoms with E-state index < -0.39 is 0 Å². The van der Waals surface area contributed by atoms with Crippen LogP contribution < -0.4 is 9.47 Å². The molecule has 0 atom stereocenters. The van der Waals surface area contributed by atoms with Crippen LogP contribution in [-0.4, -0.2) is 40.9 Å². The van der Waals surface area contributed by atoms with Crippen molar-refractivity contribution in [1.29, 1.82) is 0 Å². The van der Waals surface area contributed by atoms with E-state index in [1.807, 2.05) is 19.1 Å². The Morgan fingerprint density at radius 2 is 1.75 bits per heavy atom. The first kappa shape index (κ1) is 18.3. The predicted octanol–water partition coefficient (Wildman–Crippen LogP) is 3.07. The molecule has 0 N–H and O–H groups in total. The molecule has 1 aliphatic rings. The first-order valence-electron chi connectivity index (χ1n) is 7.81. The minimum atomic E-state index is -0.291. The van der Waals surface area contributed by atoms with E-state index in [2.05, 4.69) is 0 Å². The molecule has 0 amide bonds. The Balaban J connectivity index is 2.51. The molecule has 6 heteroatoms. The number of esters is 1. The van der Waals surface area contributed by atoms with E-state index in [9.17, 15) is 4.79 Å². The van der Waals surface area contributed by atoms with Crippen molar-refractivity contribution in [3.05, 3.63) is 28.8 Å². The van der Waals surface area contributed by atoms with Crippen molar-refractivity contribution < 1.29 is 28.5 Å². The summed E-state index contributed by atoms with van der Waals surface area (Å²) >= 11 is 0. The largest absolute Gasteiger partial charge is 0.468 e. The summed E-state index contributed by atoms with van der Waals surface area (Å²) in [5, 5.41) is 0. The second-order valence-corrected chi connectivity index (χ2v) is 5.52. The number of hydrogen-bond donors (Lipinski definition) is 0. The third-order valence-corrected chi connectivity index (χ3v) is 3.89. The molecule has 0 aromatic heterocycles. The fraction of sp³-hybridized carbons (Fsp3) is 0.500. The molecule has 0 unspecified atom stereocenters. The minimum Gasteiger partial charge on any atom is -0.468 e. The number of hydrogen-bond acceptors (Lipinski definition) is 6. The molecule has 0 saturated heterocycles. The van der Waals surface area contributed by atoms with Gasteiger partial charge in [0.15, 0.2) is 13.6 Å². The highest BCUT2D eigenvalue weighted by Crippen LogP contribution is 2.42. The Labute approximate surface area is 142 Å². The quantitative estimate of drug-likeness (QED) is 0.537. The summed E-state index contributed by atoms with van der Waals surface area (Å²) in [5.41, 5.74) is 3.39. The summed E-state index contributed by atoms with van der Waals surface area (Å²) in [4.78, 5) is 12.1. The van der Waals surface area contributed by atoms with E-state index in [1.54, 1.807) is 14.2 Å². The predicted molar refractivity (Wildman–Crippen MR) is 89.0 cm³/mol. The number of benzene rings is 1. The Hall–Kier alpha value is -2.05. The molecule has 0 aliphatic heterocycles. The minimum absolute atomic E-state index is 0.132. The lowest BCUT2D eigenvalue weighted by Gasteiger charge is -2.17. The molecule has 132 valence electrons. The number of allylic oxidation sites excluding steroid dienone is 1. The number of carbonyl (C=O) groups excluding carboxylic acids is 1. The maximum absolute atomic E-state index is 12.1. The Morgan fingerprint density at radius 1 is 1.04 bits per heavy atom. The van der Waals surface area contributed by atoms with Gasteiger partial charge in [-0.05, 0) is 49.5 Å². The highest BCUT2D eigenvalue weighted by atomic mass is 16.7. The van der Waals surface area contributed by atoms with E-state index in [0.29, 0.717) is 23.5 Å². The Bertz CT molecular complexity index is 620. The molecular weight excluding hydrogens is 312 g/mol. The van der Waals surface area contributed by atoms with Gasteiger partial charge in [-0.1, -0.05) is 0 Å². The topological polar surface area (TPSA) is 63.2 Å². The van der Waals surface area contributed by atoms with Crippen LogP contribution in [0, 0.1) is 6.92 Å². The van der Waals surface area contributed by atoms with Crippen molar-refractivity contribution in [3.63, 3.8) is 0 Å². The third kappa shape index (κ3) is 4.07. The molecule has 0 bridgehead atoms. The molecule has 0 spiro atoms. The number of carbonyl (C=O) groups is 1. The molecule has 0 fully saturated rings. The van der Waals surface area contributed by atoms with Crippen LogP contribution in [0.5, 0.6) is 11.5 Å². The van der Waals surface area contributed by atoms with E-state index in [1.165, 1.54) is 7.11 Å². The second-order valence-electron chi connectivity index (χ2n) is 5.52. The van der Waals surface area contributed by atoms with Crippen LogP contribution in [0.1, 0.15) is 30.4 Å². The van der Waals surface area contributed by atoms with E-state index in [4.69, 9.17) is 23.7 Å². The van der Waals surface area contributed by atoms with E-state index in [-0.39, 0.29) is 19.6 Å². The van der Waals surface area contributed by atoms with E-state index >= 15 is 0 Å². The van der Waals surface area contributed by atoms with Crippen LogP contribution in [0.15, 0.2) is 17.7 Å². The fourth-order valence-electron chi connectivity index (χ4n) is 2.87. The zero-order chi connectivity index (χ0) is 17.5. The van der Waals surface area contributed by atoms with Gasteiger partial charge in [0.2, 0.25) is 0 Å². The summed E-state index contributed by atoms with van der Waals surface area (Å²) in [6.45, 7) is 2.22. The van der Waals surface area contributed by atoms with Gasteiger partial charge in [0, 0.05) is 25.4 Å². The standard InChI is InChI=1S/C18H24O6/c1-12-8-13(23-10-20-2)9-16(17(12)24-11-21-3)14-6-5-7-15(14)18(19)22-4/h8-9H,5-7,10-11H2,1-4H3. The first-order valence-corrected chi connectivity index (χ1v) is 7.81. The van der Waals surface area contributed by atoms with Gasteiger partial charge in [0.25, 0.3) is 0 Å². The molecule has 1 aromatic carbocycles. The number of aryl methyl sites for hydroxylation is 1. The van der Waals surface area contributed by atoms with E-state index in [0.717, 1.165) is 29.5 Å². The average molecular weight is 336 g/mol. The normalized spacial score (nSPS) is 14.0. The number of methoxy groups -OCH3 is 3. The van der Waals surface area contributed by atoms with Crippen molar-refractivity contribution in [3.8, 4) is 11.5 Å². The Morgan fingerprint density at radius 3 is 2.42 bits per heavy atom. The van der Waals surface area contributed by atoms with Crippen LogP contribution in [-0.2, 0) is 19.0 Å². The average Bonchev–Trinajstić information content (AvgIpc) is 3.07. The van der Waals surface area contributed by atoms with Crippen LogP contribution in [0.3, 0.4) is 0 Å². The van der Waals surface area contributed by atoms with Gasteiger partial charge in [-0.15, -0.1) is 0 Å². The van der Waals surface area contributed by atoms with Gasteiger partial charge in [-0.3, -0.25) is 0 Å². The summed E-state index contributed by atoms with van der Waals surface area (Å²) in [6, 6.07) is 3.75. The summed E-state index contributed by atoms with van der Waals surface area (Å²) < 4.78 is 26.2. The van der Waals surface area contributed by atoms with Crippen molar-refractivity contribution in [1.82, 2.24) is 0 Å². The molecule has 0 saturated carbocycles. The third-order valence-electron chi connectivity index (χ3n) is 3.89. The monoisotopic (exact) mass is 336 g/mol. The summed E-state index contributed by atoms with van der Waals surface area (Å²) in [5.74, 6) is 1.07. The number of ether oxygens (including phenoxy) is 5. The maximum atomic E-state index is 12.1. The maximum Gasteiger partial charge on any atom is 0.334 e. The SMILES string of the molecule is COCOc1cc(C)c(OCOC)c(C2=C(C(=O)OC)CCC2)c1. The van der Waals surface area contributed by atoms with Gasteiger partial charge < -0.3 is 23.7 Å². The summed E-state index contributed by atoms with van der Waals surface area (Å²) in [7, 11) is 4.54. The van der Waals surface area contributed by atoms with Crippen LogP contribution in [0.25, 0.3) is 5.57 Å². The first-order chi connectivity index (χ1) is 11.6. The van der Waals surface area contributed by atoms with Crippen LogP contribution in [0.2, 0.25) is 0 Å². The molecule has 6 nitrogen and oxygen atoms in total. The molecule has 1 aromatic rings. The summed E-state index contributed by atoms with van der Waals surface area (Å²) in [6.07, 6.45) is 2.40. The van der Waals surface area contributed by atoms with Gasteiger partial charge in [0.05, 0.1) is 7.11 Å². The highest BCUT2D eigenvalue weighted by Gasteiger charge is 2.26. The lowest BCUT2D eigenvalue weighted by Crippen LogP contribution is -2.08. The van der Waals surface area contributed by atoms with Gasteiger partial charge in [0.1, 0.15) is 11.5 Å². The highest BCUT2D eigenvalue weighted by molar-refractivity contribution is 5.99. The van der Waals surface area contributed by atoms with Gasteiger partial charge in [-0.2, -0.15) is 0 Å². The Kier molecular flexibility index (Phi) is 6.63. The van der Waals surface area contributed by atoms with Gasteiger partial charge >= 0.3 is 5.97 Å². The lowest BCUT2D eigenvalue weighted by atomic mass is 9.98. The molecule has 0 radical (unpaired) electrons. The van der Waals surface area contributed by atoms with Gasteiger partial charge in [-0.25, -0.2) is 4.79 Å². The molecular formula is C18H24O6. The molecule has 1 aliphatic carbocycles. The van der Waals surface area contributed by atoms with Crippen LogP contribution >= 0.6 is 0 Å². The van der Waals surface area contributed by atoms with Crippen molar-refractivity contribution in [2.75, 3.05) is 34.9 Å². The lowest BCUT2D eigenvalue weighted by molar-refractivity contribution is -0.136. The zero-order valence-corrected chi connectivity index (χ0v) is 14.6. The number of rotatable bonds is 8. The zero-order valence-electron chi connectivity index (χ0n) is 14.6. The van der Waals surface area contributed by atoms with Crippen molar-refractivity contribution in [2.24, 2.45) is 0 Å². The second kappa shape index (κ2) is 8.70. The van der Waals surface area contributed by atoms with Crippen molar-refractivity contribution >= 4 is 11.5 Å². The molecule has 2 rings (SSSR count). The fourth-order valence-corrected chi connectivity index (χ4v) is 2.87. The molecule has 0 heterocycles. The van der Waals surface area contributed by atoms with Crippen LogP contribution in [0.4, 0.5) is 0 Å². The van der Waals surface area contributed by atoms with Crippen molar-refractivity contribution in [2.45, 2.75) is 26.2 Å². The molecule has 24 heavy (non-hydrogen) atoms.